The van der Waals surface area contributed by atoms with Gasteiger partial charge in [-0.2, -0.15) is 0 Å². The van der Waals surface area contributed by atoms with Crippen molar-refractivity contribution in [1.82, 2.24) is 0 Å². The van der Waals surface area contributed by atoms with E-state index < -0.39 is 6.10 Å². The van der Waals surface area contributed by atoms with E-state index in [1.807, 2.05) is 32.9 Å². The standard InChI is InChI=1S/C31H50O4/c1-21(2)29-26-13-12-24(20-35-28(34)19-30(5,6)7)17-25(32)16-23(4)11-9-10-22(3)14-15-31(26,8)18-27(29)33/h11-13,17,21,25-27,29,32-33H,3,9-10,14-16,18-20H2,1-2,4-8H3/b13-12+,23-11+,24-17-/t25?,26-,27-,29-,31-/m1/s1. The van der Waals surface area contributed by atoms with Crippen molar-refractivity contribution in [2.75, 3.05) is 6.61 Å². The van der Waals surface area contributed by atoms with Crippen molar-refractivity contribution in [2.24, 2.45) is 28.6 Å². The van der Waals surface area contributed by atoms with Gasteiger partial charge in [0, 0.05) is 0 Å². The summed E-state index contributed by atoms with van der Waals surface area (Å²) in [5.74, 6) is 0.481. The summed E-state index contributed by atoms with van der Waals surface area (Å²) in [4.78, 5) is 12.4. The normalized spacial score (nSPS) is 35.2. The molecule has 198 valence electrons. The summed E-state index contributed by atoms with van der Waals surface area (Å²) in [6.45, 7) is 19.2. The first kappa shape index (κ1) is 29.6. The molecule has 2 N–H and O–H groups in total. The number of aliphatic hydroxyl groups is 2. The first-order valence-corrected chi connectivity index (χ1v) is 13.4. The summed E-state index contributed by atoms with van der Waals surface area (Å²) in [7, 11) is 0. The van der Waals surface area contributed by atoms with E-state index in [4.69, 9.17) is 4.74 Å². The fraction of sp³-hybridized carbons (Fsp3) is 0.710. The maximum Gasteiger partial charge on any atom is 0.306 e. The molecule has 0 amide bonds. The van der Waals surface area contributed by atoms with Gasteiger partial charge in [0.2, 0.25) is 0 Å². The Hall–Kier alpha value is -1.65. The molecular weight excluding hydrogens is 436 g/mol. The summed E-state index contributed by atoms with van der Waals surface area (Å²) < 4.78 is 5.62. The zero-order chi connectivity index (χ0) is 26.4. The van der Waals surface area contributed by atoms with Gasteiger partial charge in [-0.15, -0.1) is 0 Å². The van der Waals surface area contributed by atoms with Gasteiger partial charge >= 0.3 is 5.97 Å². The number of carbonyl (C=O) groups excluding carboxylic acids is 1. The van der Waals surface area contributed by atoms with E-state index in [1.165, 1.54) is 5.57 Å². The highest BCUT2D eigenvalue weighted by molar-refractivity contribution is 5.70. The Labute approximate surface area is 214 Å². The molecule has 0 aliphatic heterocycles. The third-order valence-corrected chi connectivity index (χ3v) is 7.68. The smallest absolute Gasteiger partial charge is 0.306 e. The number of esters is 1. The van der Waals surface area contributed by atoms with Gasteiger partial charge in [-0.25, -0.2) is 0 Å². The highest BCUT2D eigenvalue weighted by Crippen LogP contribution is 2.53. The second-order valence-corrected chi connectivity index (χ2v) is 12.9. The minimum absolute atomic E-state index is 0.0354. The van der Waals surface area contributed by atoms with E-state index in [9.17, 15) is 15.0 Å². The third-order valence-electron chi connectivity index (χ3n) is 7.68. The molecular formula is C31H50O4. The SMILES string of the molecule is C=C1CC/C=C(\C)CC(O)/C=C(COC(=O)CC(C)(C)C)/C=C/[C@@H]2[C@@H](C(C)C)[C@H](O)C[C@@]2(C)CC1. The van der Waals surface area contributed by atoms with Crippen LogP contribution in [0.3, 0.4) is 0 Å². The van der Waals surface area contributed by atoms with Crippen LogP contribution in [0.5, 0.6) is 0 Å². The van der Waals surface area contributed by atoms with Crippen LogP contribution in [-0.2, 0) is 9.53 Å². The van der Waals surface area contributed by atoms with Crippen molar-refractivity contribution in [1.29, 1.82) is 0 Å². The van der Waals surface area contributed by atoms with Crippen LogP contribution in [0.15, 0.2) is 47.6 Å². The van der Waals surface area contributed by atoms with Gasteiger partial charge in [-0.1, -0.05) is 77.5 Å². The Morgan fingerprint density at radius 2 is 1.94 bits per heavy atom. The van der Waals surface area contributed by atoms with Gasteiger partial charge in [0.1, 0.15) is 6.61 Å². The van der Waals surface area contributed by atoms with Crippen LogP contribution in [0.2, 0.25) is 0 Å². The van der Waals surface area contributed by atoms with Crippen LogP contribution in [-0.4, -0.2) is 35.0 Å². The molecule has 0 saturated heterocycles. The average Bonchev–Trinajstić information content (AvgIpc) is 2.96. The Morgan fingerprint density at radius 3 is 2.57 bits per heavy atom. The van der Waals surface area contributed by atoms with E-state index in [1.54, 1.807) is 0 Å². The molecule has 0 bridgehead atoms. The quantitative estimate of drug-likeness (QED) is 0.334. The van der Waals surface area contributed by atoms with E-state index >= 15 is 0 Å². The number of carbonyl (C=O) groups is 1. The largest absolute Gasteiger partial charge is 0.461 e. The molecule has 35 heavy (non-hydrogen) atoms. The van der Waals surface area contributed by atoms with Crippen LogP contribution in [0.1, 0.15) is 93.4 Å². The van der Waals surface area contributed by atoms with E-state index in [2.05, 4.69) is 46.4 Å². The number of hydrogen-bond acceptors (Lipinski definition) is 4. The Morgan fingerprint density at radius 1 is 1.26 bits per heavy atom. The summed E-state index contributed by atoms with van der Waals surface area (Å²) in [5, 5.41) is 21.8. The Bertz CT molecular complexity index is 825. The molecule has 0 spiro atoms. The van der Waals surface area contributed by atoms with Crippen molar-refractivity contribution < 1.29 is 19.7 Å². The van der Waals surface area contributed by atoms with Crippen molar-refractivity contribution in [3.8, 4) is 0 Å². The lowest BCUT2D eigenvalue weighted by Crippen LogP contribution is -2.28. The summed E-state index contributed by atoms with van der Waals surface area (Å²) in [6, 6.07) is 0. The number of fused-ring (bicyclic) bond motifs is 1. The molecule has 0 aromatic carbocycles. The van der Waals surface area contributed by atoms with Crippen LogP contribution >= 0.6 is 0 Å². The molecule has 2 rings (SSSR count). The van der Waals surface area contributed by atoms with Gasteiger partial charge in [0.05, 0.1) is 18.6 Å². The second-order valence-electron chi connectivity index (χ2n) is 12.9. The molecule has 0 radical (unpaired) electrons. The maximum absolute atomic E-state index is 12.4. The summed E-state index contributed by atoms with van der Waals surface area (Å²) >= 11 is 0. The van der Waals surface area contributed by atoms with E-state index in [-0.39, 0.29) is 41.3 Å². The van der Waals surface area contributed by atoms with Crippen LogP contribution in [0.25, 0.3) is 0 Å². The fourth-order valence-corrected chi connectivity index (χ4v) is 5.80. The molecule has 1 unspecified atom stereocenters. The minimum Gasteiger partial charge on any atom is -0.461 e. The average molecular weight is 487 g/mol. The van der Waals surface area contributed by atoms with Gasteiger partial charge in [-0.3, -0.25) is 4.79 Å². The highest BCUT2D eigenvalue weighted by atomic mass is 16.5. The van der Waals surface area contributed by atoms with E-state index in [0.29, 0.717) is 18.8 Å². The maximum atomic E-state index is 12.4. The number of hydrogen-bond donors (Lipinski definition) is 2. The number of aliphatic hydroxyl groups excluding tert-OH is 2. The summed E-state index contributed by atoms with van der Waals surface area (Å²) in [6.07, 6.45) is 12.8. The molecule has 1 fully saturated rings. The summed E-state index contributed by atoms with van der Waals surface area (Å²) in [5.41, 5.74) is 3.03. The zero-order valence-electron chi connectivity index (χ0n) is 23.3. The number of rotatable bonds is 4. The molecule has 1 saturated carbocycles. The number of ether oxygens (including phenoxy) is 1. The van der Waals surface area contributed by atoms with Crippen LogP contribution in [0.4, 0.5) is 0 Å². The van der Waals surface area contributed by atoms with Crippen molar-refractivity contribution in [3.63, 3.8) is 0 Å². The van der Waals surface area contributed by atoms with Gasteiger partial charge in [0.15, 0.2) is 0 Å². The van der Waals surface area contributed by atoms with Gasteiger partial charge in [-0.05, 0) is 85.7 Å². The lowest BCUT2D eigenvalue weighted by Gasteiger charge is -2.34. The van der Waals surface area contributed by atoms with Crippen molar-refractivity contribution in [2.45, 2.75) is 106 Å². The lowest BCUT2D eigenvalue weighted by atomic mass is 9.71. The highest BCUT2D eigenvalue weighted by Gasteiger charge is 2.49. The zero-order valence-corrected chi connectivity index (χ0v) is 23.3. The molecule has 0 aromatic heterocycles. The first-order chi connectivity index (χ1) is 16.2. The van der Waals surface area contributed by atoms with Crippen molar-refractivity contribution >= 4 is 5.97 Å². The van der Waals surface area contributed by atoms with Crippen molar-refractivity contribution in [3.05, 3.63) is 47.6 Å². The molecule has 4 heteroatoms. The molecule has 2 aliphatic rings. The minimum atomic E-state index is -0.651. The Kier molecular flexibility index (Phi) is 10.6. The second kappa shape index (κ2) is 12.5. The predicted molar refractivity (Wildman–Crippen MR) is 145 cm³/mol. The van der Waals surface area contributed by atoms with Gasteiger partial charge < -0.3 is 14.9 Å². The molecule has 0 heterocycles. The Balaban J connectivity index is 2.39. The van der Waals surface area contributed by atoms with Crippen LogP contribution < -0.4 is 0 Å². The molecule has 4 nitrogen and oxygen atoms in total. The first-order valence-electron chi connectivity index (χ1n) is 13.4. The molecule has 0 aromatic rings. The third kappa shape index (κ3) is 9.38. The molecule has 5 atom stereocenters. The van der Waals surface area contributed by atoms with Crippen LogP contribution in [0, 0.1) is 28.6 Å². The molecule has 2 aliphatic carbocycles. The lowest BCUT2D eigenvalue weighted by molar-refractivity contribution is -0.144. The number of allylic oxidation sites excluding steroid dienone is 3. The fourth-order valence-electron chi connectivity index (χ4n) is 5.80. The predicted octanol–water partition coefficient (Wildman–Crippen LogP) is 6.94. The monoisotopic (exact) mass is 486 g/mol. The van der Waals surface area contributed by atoms with Gasteiger partial charge in [0.25, 0.3) is 0 Å². The van der Waals surface area contributed by atoms with E-state index in [0.717, 1.165) is 43.3 Å². The topological polar surface area (TPSA) is 66.8 Å².